The number of nitrogens with one attached hydrogen (secondary N) is 1. The minimum absolute atomic E-state index is 0.207. The summed E-state index contributed by atoms with van der Waals surface area (Å²) in [5.74, 6) is 0. The van der Waals surface area contributed by atoms with E-state index in [4.69, 9.17) is 4.74 Å². The van der Waals surface area contributed by atoms with Gasteiger partial charge in [-0.2, -0.15) is 0 Å². The Morgan fingerprint density at radius 1 is 1.40 bits per heavy atom. The largest absolute Gasteiger partial charge is 0.380 e. The van der Waals surface area contributed by atoms with Gasteiger partial charge in [-0.05, 0) is 25.8 Å². The second kappa shape index (κ2) is 6.70. The van der Waals surface area contributed by atoms with Gasteiger partial charge < -0.3 is 10.1 Å². The molecule has 1 aliphatic rings. The van der Waals surface area contributed by atoms with Crippen molar-refractivity contribution in [1.29, 1.82) is 0 Å². The number of benzene rings is 1. The summed E-state index contributed by atoms with van der Waals surface area (Å²) in [4.78, 5) is 2.57. The summed E-state index contributed by atoms with van der Waals surface area (Å²) in [6, 6.07) is 11.2. The van der Waals surface area contributed by atoms with E-state index in [0.717, 1.165) is 26.1 Å². The van der Waals surface area contributed by atoms with Gasteiger partial charge in [-0.25, -0.2) is 0 Å². The van der Waals surface area contributed by atoms with E-state index < -0.39 is 0 Å². The molecule has 0 amide bonds. The molecule has 1 fully saturated rings. The first-order chi connectivity index (χ1) is 9.58. The monoisotopic (exact) mass is 276 g/mol. The average molecular weight is 276 g/mol. The molecule has 1 aliphatic heterocycles. The molecule has 20 heavy (non-hydrogen) atoms. The summed E-state index contributed by atoms with van der Waals surface area (Å²) >= 11 is 0. The van der Waals surface area contributed by atoms with Crippen molar-refractivity contribution in [3.8, 4) is 0 Å². The lowest BCUT2D eigenvalue weighted by atomic mass is 9.91. The molecular weight excluding hydrogens is 248 g/mol. The maximum absolute atomic E-state index is 5.48. The Balaban J connectivity index is 2.17. The number of nitrogens with zero attached hydrogens (tertiary/aromatic N) is 1. The van der Waals surface area contributed by atoms with Crippen LogP contribution in [0.25, 0.3) is 0 Å². The van der Waals surface area contributed by atoms with E-state index in [0.29, 0.717) is 6.04 Å². The van der Waals surface area contributed by atoms with Gasteiger partial charge in [0.1, 0.15) is 0 Å². The summed E-state index contributed by atoms with van der Waals surface area (Å²) in [5.41, 5.74) is 1.60. The van der Waals surface area contributed by atoms with Gasteiger partial charge in [0.15, 0.2) is 0 Å². The summed E-state index contributed by atoms with van der Waals surface area (Å²) in [7, 11) is 1.80. The van der Waals surface area contributed by atoms with Gasteiger partial charge in [-0.3, -0.25) is 4.90 Å². The first kappa shape index (κ1) is 15.5. The number of ether oxygens (including phenoxy) is 1. The predicted molar refractivity (Wildman–Crippen MR) is 83.9 cm³/mol. The summed E-state index contributed by atoms with van der Waals surface area (Å²) in [6.45, 7) is 9.77. The number of rotatable bonds is 5. The lowest BCUT2D eigenvalue weighted by Crippen LogP contribution is -2.60. The normalized spacial score (nSPS) is 29.3. The Bertz CT molecular complexity index is 409. The zero-order valence-electron chi connectivity index (χ0n) is 13.2. The molecule has 3 atom stereocenters. The van der Waals surface area contributed by atoms with E-state index in [1.807, 2.05) is 0 Å². The molecule has 1 aromatic carbocycles. The number of hydrogen-bond acceptors (Lipinski definition) is 3. The maximum atomic E-state index is 5.48. The highest BCUT2D eigenvalue weighted by atomic mass is 16.5. The van der Waals surface area contributed by atoms with Crippen molar-refractivity contribution >= 4 is 0 Å². The lowest BCUT2D eigenvalue weighted by molar-refractivity contribution is 0.0226. The van der Waals surface area contributed by atoms with Gasteiger partial charge >= 0.3 is 0 Å². The van der Waals surface area contributed by atoms with Crippen LogP contribution in [0.3, 0.4) is 0 Å². The van der Waals surface area contributed by atoms with Gasteiger partial charge in [0, 0.05) is 38.3 Å². The highest BCUT2D eigenvalue weighted by Crippen LogP contribution is 2.28. The van der Waals surface area contributed by atoms with E-state index in [9.17, 15) is 0 Å². The van der Waals surface area contributed by atoms with Crippen LogP contribution in [0.15, 0.2) is 30.3 Å². The van der Waals surface area contributed by atoms with Gasteiger partial charge in [0.25, 0.3) is 0 Å². The van der Waals surface area contributed by atoms with Crippen molar-refractivity contribution in [3.05, 3.63) is 35.9 Å². The van der Waals surface area contributed by atoms with Crippen LogP contribution in [-0.4, -0.2) is 43.3 Å². The van der Waals surface area contributed by atoms with Gasteiger partial charge in [0.2, 0.25) is 0 Å². The summed E-state index contributed by atoms with van der Waals surface area (Å²) in [5, 5.41) is 3.73. The van der Waals surface area contributed by atoms with Crippen LogP contribution in [0.1, 0.15) is 38.8 Å². The number of methoxy groups -OCH3 is 1. The van der Waals surface area contributed by atoms with Crippen molar-refractivity contribution < 1.29 is 4.74 Å². The highest BCUT2D eigenvalue weighted by Gasteiger charge is 2.35. The van der Waals surface area contributed by atoms with E-state index in [-0.39, 0.29) is 11.6 Å². The average Bonchev–Trinajstić information content (AvgIpc) is 2.48. The maximum Gasteiger partial charge on any atom is 0.0670 e. The molecule has 1 aromatic rings. The van der Waals surface area contributed by atoms with E-state index in [2.05, 4.69) is 61.3 Å². The molecule has 0 spiro atoms. The topological polar surface area (TPSA) is 24.5 Å². The molecule has 1 N–H and O–H groups in total. The standard InChI is InChI=1S/C17H28N2O/c1-5-17(3)13-19(12-14(2)20-4)16(11-18-17)15-9-7-6-8-10-15/h6-10,14,16,18H,5,11-13H2,1-4H3. The lowest BCUT2D eigenvalue weighted by Gasteiger charge is -2.47. The van der Waals surface area contributed by atoms with Gasteiger partial charge in [0.05, 0.1) is 6.10 Å². The van der Waals surface area contributed by atoms with Crippen molar-refractivity contribution in [2.75, 3.05) is 26.7 Å². The number of hydrogen-bond donors (Lipinski definition) is 1. The number of piperazine rings is 1. The van der Waals surface area contributed by atoms with Gasteiger partial charge in [-0.1, -0.05) is 37.3 Å². The van der Waals surface area contributed by atoms with Crippen LogP contribution in [0.4, 0.5) is 0 Å². The third-order valence-electron chi connectivity index (χ3n) is 4.57. The fourth-order valence-corrected chi connectivity index (χ4v) is 2.92. The molecule has 112 valence electrons. The third-order valence-corrected chi connectivity index (χ3v) is 4.57. The van der Waals surface area contributed by atoms with Crippen molar-refractivity contribution in [2.45, 2.75) is 44.9 Å². The fraction of sp³-hybridized carbons (Fsp3) is 0.647. The Labute approximate surface area is 123 Å². The molecule has 1 saturated heterocycles. The summed E-state index contributed by atoms with van der Waals surface area (Å²) in [6.07, 6.45) is 1.41. The second-order valence-electron chi connectivity index (χ2n) is 6.20. The minimum atomic E-state index is 0.207. The van der Waals surface area contributed by atoms with E-state index in [1.165, 1.54) is 5.56 Å². The van der Waals surface area contributed by atoms with Crippen LogP contribution in [0, 0.1) is 0 Å². The minimum Gasteiger partial charge on any atom is -0.380 e. The molecule has 0 radical (unpaired) electrons. The first-order valence-corrected chi connectivity index (χ1v) is 7.65. The van der Waals surface area contributed by atoms with E-state index in [1.54, 1.807) is 7.11 Å². The van der Waals surface area contributed by atoms with Crippen molar-refractivity contribution in [3.63, 3.8) is 0 Å². The molecule has 0 aromatic heterocycles. The molecule has 3 heteroatoms. The molecule has 0 aliphatic carbocycles. The Kier molecular flexibility index (Phi) is 5.19. The molecular formula is C17H28N2O. The molecule has 0 saturated carbocycles. The predicted octanol–water partition coefficient (Wildman–Crippen LogP) is 2.84. The van der Waals surface area contributed by atoms with Crippen LogP contribution in [0.2, 0.25) is 0 Å². The molecule has 3 unspecified atom stereocenters. The SMILES string of the molecule is CCC1(C)CN(CC(C)OC)C(c2ccccc2)CN1. The summed E-state index contributed by atoms with van der Waals surface area (Å²) < 4.78 is 5.48. The van der Waals surface area contributed by atoms with Crippen LogP contribution in [0.5, 0.6) is 0 Å². The molecule has 2 rings (SSSR count). The molecule has 1 heterocycles. The van der Waals surface area contributed by atoms with Crippen molar-refractivity contribution in [2.24, 2.45) is 0 Å². The first-order valence-electron chi connectivity index (χ1n) is 7.65. The quantitative estimate of drug-likeness (QED) is 0.895. The van der Waals surface area contributed by atoms with Crippen LogP contribution >= 0.6 is 0 Å². The highest BCUT2D eigenvalue weighted by molar-refractivity contribution is 5.21. The Morgan fingerprint density at radius 2 is 2.10 bits per heavy atom. The molecule has 3 nitrogen and oxygen atoms in total. The smallest absolute Gasteiger partial charge is 0.0670 e. The third kappa shape index (κ3) is 3.60. The van der Waals surface area contributed by atoms with Crippen LogP contribution in [-0.2, 0) is 4.74 Å². The zero-order chi connectivity index (χ0) is 14.6. The van der Waals surface area contributed by atoms with Gasteiger partial charge in [-0.15, -0.1) is 0 Å². The molecule has 0 bridgehead atoms. The Hall–Kier alpha value is -0.900. The second-order valence-corrected chi connectivity index (χ2v) is 6.20. The van der Waals surface area contributed by atoms with E-state index >= 15 is 0 Å². The van der Waals surface area contributed by atoms with Crippen LogP contribution < -0.4 is 5.32 Å². The zero-order valence-corrected chi connectivity index (χ0v) is 13.2. The Morgan fingerprint density at radius 3 is 2.70 bits per heavy atom. The van der Waals surface area contributed by atoms with Crippen molar-refractivity contribution in [1.82, 2.24) is 10.2 Å². The fourth-order valence-electron chi connectivity index (χ4n) is 2.92.